The second-order valence-electron chi connectivity index (χ2n) is 2.73. The van der Waals surface area contributed by atoms with Crippen molar-refractivity contribution in [3.05, 3.63) is 47.5 Å². The quantitative estimate of drug-likeness (QED) is 0.668. The third-order valence-electron chi connectivity index (χ3n) is 1.85. The smallest absolute Gasteiger partial charge is 0.146 e. The fraction of sp³-hybridized carbons (Fsp3) is 0. The van der Waals surface area contributed by atoms with Gasteiger partial charge in [-0.15, -0.1) is 0 Å². The van der Waals surface area contributed by atoms with Crippen molar-refractivity contribution in [1.29, 1.82) is 5.26 Å². The van der Waals surface area contributed by atoms with Crippen molar-refractivity contribution in [3.63, 3.8) is 0 Å². The van der Waals surface area contributed by atoms with Crippen LogP contribution in [0.4, 0.5) is 0 Å². The Labute approximate surface area is 86.2 Å². The Bertz CT molecular complexity index is 483. The first-order chi connectivity index (χ1) is 6.81. The normalized spacial score (nSPS) is 9.71. The summed E-state index contributed by atoms with van der Waals surface area (Å²) in [5, 5.41) is 9.00. The van der Waals surface area contributed by atoms with Crippen molar-refractivity contribution < 1.29 is 0 Å². The largest absolute Gasteiger partial charge is 0.322 e. The molecule has 0 spiro atoms. The Morgan fingerprint density at radius 2 is 2.07 bits per heavy atom. The average molecular weight is 204 g/mol. The van der Waals surface area contributed by atoms with Crippen LogP contribution in [0.2, 0.25) is 5.15 Å². The third-order valence-corrected chi connectivity index (χ3v) is 2.15. The van der Waals surface area contributed by atoms with Gasteiger partial charge < -0.3 is 4.57 Å². The Morgan fingerprint density at radius 1 is 1.36 bits per heavy atom. The maximum Gasteiger partial charge on any atom is 0.146 e. The first-order valence-corrected chi connectivity index (χ1v) is 4.38. The van der Waals surface area contributed by atoms with Gasteiger partial charge in [-0.1, -0.05) is 11.6 Å². The molecule has 0 aliphatic rings. The zero-order valence-corrected chi connectivity index (χ0v) is 7.94. The van der Waals surface area contributed by atoms with Crippen molar-refractivity contribution in [3.8, 4) is 11.8 Å². The van der Waals surface area contributed by atoms with Gasteiger partial charge in [0.15, 0.2) is 0 Å². The zero-order valence-electron chi connectivity index (χ0n) is 7.18. The minimum atomic E-state index is 0.239. The Morgan fingerprint density at radius 3 is 2.71 bits per heavy atom. The fourth-order valence-electron chi connectivity index (χ4n) is 1.16. The first-order valence-electron chi connectivity index (χ1n) is 4.00. The molecule has 0 bridgehead atoms. The number of aromatic nitrogens is 2. The van der Waals surface area contributed by atoms with E-state index < -0.39 is 0 Å². The Kier molecular flexibility index (Phi) is 2.21. The van der Waals surface area contributed by atoms with Gasteiger partial charge in [0.2, 0.25) is 0 Å². The predicted octanol–water partition coefficient (Wildman–Crippen LogP) is 2.40. The Hall–Kier alpha value is -1.79. The number of nitrogens with zero attached hydrogens (tertiary/aromatic N) is 3. The van der Waals surface area contributed by atoms with Gasteiger partial charge in [0, 0.05) is 12.4 Å². The molecule has 2 aromatic rings. The maximum absolute atomic E-state index is 8.76. The third kappa shape index (κ3) is 1.48. The molecule has 0 unspecified atom stereocenters. The van der Waals surface area contributed by atoms with Gasteiger partial charge in [-0.25, -0.2) is 4.98 Å². The molecular formula is C10H6ClN3. The van der Waals surface area contributed by atoms with Crippen molar-refractivity contribution >= 4 is 11.6 Å². The lowest BCUT2D eigenvalue weighted by Crippen LogP contribution is -1.93. The van der Waals surface area contributed by atoms with E-state index in [1.54, 1.807) is 12.3 Å². The van der Waals surface area contributed by atoms with Crippen LogP contribution >= 0.6 is 11.6 Å². The van der Waals surface area contributed by atoms with E-state index in [0.717, 1.165) is 5.69 Å². The van der Waals surface area contributed by atoms with E-state index in [-0.39, 0.29) is 5.15 Å². The lowest BCUT2D eigenvalue weighted by molar-refractivity contribution is 1.06. The number of hydrogen-bond acceptors (Lipinski definition) is 2. The van der Waals surface area contributed by atoms with Crippen LogP contribution in [0.1, 0.15) is 5.56 Å². The highest BCUT2D eigenvalue weighted by atomic mass is 35.5. The second-order valence-corrected chi connectivity index (χ2v) is 3.09. The number of hydrogen-bond donors (Lipinski definition) is 0. The van der Waals surface area contributed by atoms with Gasteiger partial charge in [0.25, 0.3) is 0 Å². The van der Waals surface area contributed by atoms with Crippen molar-refractivity contribution in [2.24, 2.45) is 0 Å². The summed E-state index contributed by atoms with van der Waals surface area (Å²) >= 11 is 5.71. The van der Waals surface area contributed by atoms with Crippen LogP contribution < -0.4 is 0 Å². The summed E-state index contributed by atoms with van der Waals surface area (Å²) in [7, 11) is 0. The van der Waals surface area contributed by atoms with Crippen LogP contribution in [0.3, 0.4) is 0 Å². The zero-order chi connectivity index (χ0) is 9.97. The van der Waals surface area contributed by atoms with Gasteiger partial charge in [-0.2, -0.15) is 5.26 Å². The van der Waals surface area contributed by atoms with Crippen molar-refractivity contribution in [2.75, 3.05) is 0 Å². The fourth-order valence-corrected chi connectivity index (χ4v) is 1.31. The molecule has 0 radical (unpaired) electrons. The molecule has 0 N–H and O–H groups in total. The lowest BCUT2D eigenvalue weighted by atomic mass is 10.3. The van der Waals surface area contributed by atoms with Gasteiger partial charge >= 0.3 is 0 Å². The van der Waals surface area contributed by atoms with Crippen LogP contribution in [0.25, 0.3) is 5.69 Å². The second kappa shape index (κ2) is 3.52. The van der Waals surface area contributed by atoms with Crippen LogP contribution in [0, 0.1) is 11.3 Å². The summed E-state index contributed by atoms with van der Waals surface area (Å²) < 4.78 is 1.87. The molecule has 0 amide bonds. The highest BCUT2D eigenvalue weighted by molar-refractivity contribution is 6.30. The van der Waals surface area contributed by atoms with Crippen molar-refractivity contribution in [2.45, 2.75) is 0 Å². The molecule has 0 aliphatic carbocycles. The molecular weight excluding hydrogens is 198 g/mol. The highest BCUT2D eigenvalue weighted by Crippen LogP contribution is 2.15. The molecule has 0 saturated carbocycles. The van der Waals surface area contributed by atoms with Crippen LogP contribution in [0.15, 0.2) is 36.8 Å². The summed E-state index contributed by atoms with van der Waals surface area (Å²) in [5.41, 5.74) is 1.22. The minimum absolute atomic E-state index is 0.239. The van der Waals surface area contributed by atoms with Gasteiger partial charge in [-0.3, -0.25) is 0 Å². The molecule has 0 aliphatic heterocycles. The number of nitriles is 1. The van der Waals surface area contributed by atoms with Crippen LogP contribution in [-0.2, 0) is 0 Å². The molecule has 2 heterocycles. The minimum Gasteiger partial charge on any atom is -0.322 e. The number of pyridine rings is 1. The molecule has 68 valence electrons. The number of rotatable bonds is 1. The standard InChI is InChI=1S/C10H6ClN3/c11-10-8(6-12)5-9(7-13-10)14-3-1-2-4-14/h1-5,7H. The van der Waals surface area contributed by atoms with E-state index >= 15 is 0 Å². The lowest BCUT2D eigenvalue weighted by Gasteiger charge is -2.02. The molecule has 4 heteroatoms. The highest BCUT2D eigenvalue weighted by Gasteiger charge is 2.02. The predicted molar refractivity (Wildman–Crippen MR) is 53.3 cm³/mol. The summed E-state index contributed by atoms with van der Waals surface area (Å²) in [6, 6.07) is 7.50. The molecule has 0 atom stereocenters. The summed E-state index contributed by atoms with van der Waals surface area (Å²) in [6.45, 7) is 0. The van der Waals surface area contributed by atoms with Gasteiger partial charge in [-0.05, 0) is 18.2 Å². The van der Waals surface area contributed by atoms with E-state index in [9.17, 15) is 0 Å². The van der Waals surface area contributed by atoms with E-state index in [1.807, 2.05) is 35.2 Å². The molecule has 14 heavy (non-hydrogen) atoms. The molecule has 0 fully saturated rings. The van der Waals surface area contributed by atoms with Crippen LogP contribution in [-0.4, -0.2) is 9.55 Å². The first kappa shape index (κ1) is 8.79. The summed E-state index contributed by atoms with van der Waals surface area (Å²) in [6.07, 6.45) is 5.39. The molecule has 3 nitrogen and oxygen atoms in total. The van der Waals surface area contributed by atoms with E-state index in [1.165, 1.54) is 0 Å². The number of halogens is 1. The Balaban J connectivity index is 2.53. The van der Waals surface area contributed by atoms with Gasteiger partial charge in [0.05, 0.1) is 17.4 Å². The molecule has 2 aromatic heterocycles. The van der Waals surface area contributed by atoms with Crippen molar-refractivity contribution in [1.82, 2.24) is 9.55 Å². The van der Waals surface area contributed by atoms with E-state index in [2.05, 4.69) is 4.98 Å². The van der Waals surface area contributed by atoms with E-state index in [4.69, 9.17) is 16.9 Å². The van der Waals surface area contributed by atoms with E-state index in [0.29, 0.717) is 5.56 Å². The summed E-state index contributed by atoms with van der Waals surface area (Å²) in [4.78, 5) is 3.93. The van der Waals surface area contributed by atoms with Crippen LogP contribution in [0.5, 0.6) is 0 Å². The molecule has 0 aromatic carbocycles. The monoisotopic (exact) mass is 203 g/mol. The topological polar surface area (TPSA) is 41.6 Å². The maximum atomic E-state index is 8.76. The summed E-state index contributed by atoms with van der Waals surface area (Å²) in [5.74, 6) is 0. The SMILES string of the molecule is N#Cc1cc(-n2cccc2)cnc1Cl. The van der Waals surface area contributed by atoms with Gasteiger partial charge in [0.1, 0.15) is 11.2 Å². The molecule has 0 saturated heterocycles. The average Bonchev–Trinajstić information content (AvgIpc) is 2.71. The molecule has 2 rings (SSSR count).